The summed E-state index contributed by atoms with van der Waals surface area (Å²) in [4.78, 5) is 11.9. The highest BCUT2D eigenvalue weighted by atomic mass is 16.5. The standard InChI is InChI=1S/C16H27NO3/c1-4-20-13-10-16(19,15(13,2)3)11-17-14(18)9-12-7-5-6-8-12/h5,7,12-13,19H,4,6,8-11H2,1-3H3,(H,17,18)/t12-,13-,16+/m1/s1. The van der Waals surface area contributed by atoms with Crippen molar-refractivity contribution >= 4 is 5.91 Å². The lowest BCUT2D eigenvalue weighted by Gasteiger charge is -2.57. The molecule has 0 aromatic heterocycles. The van der Waals surface area contributed by atoms with Gasteiger partial charge in [0.15, 0.2) is 0 Å². The summed E-state index contributed by atoms with van der Waals surface area (Å²) in [5, 5.41) is 13.5. The van der Waals surface area contributed by atoms with Crippen molar-refractivity contribution < 1.29 is 14.6 Å². The first-order valence-corrected chi connectivity index (χ1v) is 7.66. The molecule has 2 rings (SSSR count). The van der Waals surface area contributed by atoms with Crippen molar-refractivity contribution in [3.63, 3.8) is 0 Å². The average Bonchev–Trinajstić information content (AvgIpc) is 2.89. The molecule has 2 aliphatic rings. The fraction of sp³-hybridized carbons (Fsp3) is 0.812. The zero-order chi connectivity index (χ0) is 14.8. The maximum Gasteiger partial charge on any atom is 0.220 e. The number of hydrogen-bond donors (Lipinski definition) is 2. The second-order valence-corrected chi connectivity index (χ2v) is 6.65. The van der Waals surface area contributed by atoms with Gasteiger partial charge in [-0.2, -0.15) is 0 Å². The van der Waals surface area contributed by atoms with Crippen molar-refractivity contribution in [3.8, 4) is 0 Å². The van der Waals surface area contributed by atoms with Crippen LogP contribution in [0, 0.1) is 11.3 Å². The van der Waals surface area contributed by atoms with Gasteiger partial charge in [0.05, 0.1) is 11.7 Å². The molecule has 0 heterocycles. The highest BCUT2D eigenvalue weighted by molar-refractivity contribution is 5.76. The van der Waals surface area contributed by atoms with Gasteiger partial charge in [0, 0.05) is 31.4 Å². The maximum absolute atomic E-state index is 11.9. The Bertz CT molecular complexity index is 391. The summed E-state index contributed by atoms with van der Waals surface area (Å²) < 4.78 is 5.62. The van der Waals surface area contributed by atoms with Gasteiger partial charge in [-0.3, -0.25) is 4.79 Å². The fourth-order valence-electron chi connectivity index (χ4n) is 3.18. The van der Waals surface area contributed by atoms with Crippen molar-refractivity contribution in [2.45, 2.75) is 58.2 Å². The Kier molecular flexibility index (Phi) is 4.55. The summed E-state index contributed by atoms with van der Waals surface area (Å²) in [5.41, 5.74) is -1.17. The van der Waals surface area contributed by atoms with E-state index in [9.17, 15) is 9.90 Å². The van der Waals surface area contributed by atoms with E-state index in [0.717, 1.165) is 12.8 Å². The van der Waals surface area contributed by atoms with E-state index in [1.54, 1.807) is 0 Å². The van der Waals surface area contributed by atoms with Crippen LogP contribution in [0.1, 0.15) is 46.5 Å². The number of allylic oxidation sites excluding steroid dienone is 2. The number of carbonyl (C=O) groups is 1. The number of carbonyl (C=O) groups excluding carboxylic acids is 1. The van der Waals surface area contributed by atoms with Crippen molar-refractivity contribution in [3.05, 3.63) is 12.2 Å². The van der Waals surface area contributed by atoms with Crippen LogP contribution in [-0.4, -0.2) is 35.9 Å². The van der Waals surface area contributed by atoms with Crippen LogP contribution in [0.15, 0.2) is 12.2 Å². The first kappa shape index (κ1) is 15.5. The Morgan fingerprint density at radius 2 is 2.25 bits per heavy atom. The van der Waals surface area contributed by atoms with Crippen molar-refractivity contribution in [1.29, 1.82) is 0 Å². The summed E-state index contributed by atoms with van der Waals surface area (Å²) in [6.45, 7) is 6.94. The SMILES string of the molecule is CCO[C@@H]1C[C@](O)(CNC(=O)C[C@@H]2C=CCC2)C1(C)C. The molecule has 1 amide bonds. The van der Waals surface area contributed by atoms with Gasteiger partial charge in [0.25, 0.3) is 0 Å². The lowest BCUT2D eigenvalue weighted by atomic mass is 9.56. The molecule has 0 spiro atoms. The molecule has 3 atom stereocenters. The maximum atomic E-state index is 11.9. The zero-order valence-corrected chi connectivity index (χ0v) is 12.8. The predicted molar refractivity (Wildman–Crippen MR) is 78.3 cm³/mol. The number of amides is 1. The molecular weight excluding hydrogens is 254 g/mol. The Labute approximate surface area is 121 Å². The van der Waals surface area contributed by atoms with Crippen LogP contribution in [0.25, 0.3) is 0 Å². The summed E-state index contributed by atoms with van der Waals surface area (Å²) in [6.07, 6.45) is 7.59. The largest absolute Gasteiger partial charge is 0.387 e. The number of nitrogens with one attached hydrogen (secondary N) is 1. The van der Waals surface area contributed by atoms with Gasteiger partial charge in [-0.15, -0.1) is 0 Å². The zero-order valence-electron chi connectivity index (χ0n) is 12.8. The monoisotopic (exact) mass is 281 g/mol. The van der Waals surface area contributed by atoms with Gasteiger partial charge in [-0.05, 0) is 25.7 Å². The fourth-order valence-corrected chi connectivity index (χ4v) is 3.18. The molecule has 20 heavy (non-hydrogen) atoms. The molecule has 114 valence electrons. The molecule has 0 aliphatic heterocycles. The minimum Gasteiger partial charge on any atom is -0.387 e. The molecular formula is C16H27NO3. The van der Waals surface area contributed by atoms with Gasteiger partial charge in [0.2, 0.25) is 5.91 Å². The third-order valence-electron chi connectivity index (χ3n) is 5.03. The van der Waals surface area contributed by atoms with Crippen molar-refractivity contribution in [2.24, 2.45) is 11.3 Å². The van der Waals surface area contributed by atoms with E-state index >= 15 is 0 Å². The summed E-state index contributed by atoms with van der Waals surface area (Å²) in [5.74, 6) is 0.404. The van der Waals surface area contributed by atoms with Crippen molar-refractivity contribution in [1.82, 2.24) is 5.32 Å². The quantitative estimate of drug-likeness (QED) is 0.732. The second-order valence-electron chi connectivity index (χ2n) is 6.65. The Balaban J connectivity index is 1.78. The molecule has 1 fully saturated rings. The molecule has 1 saturated carbocycles. The van der Waals surface area contributed by atoms with Gasteiger partial charge in [0.1, 0.15) is 0 Å². The molecule has 2 aliphatic carbocycles. The van der Waals surface area contributed by atoms with Crippen LogP contribution < -0.4 is 5.32 Å². The molecule has 4 nitrogen and oxygen atoms in total. The van der Waals surface area contributed by atoms with Gasteiger partial charge >= 0.3 is 0 Å². The van der Waals surface area contributed by atoms with Crippen LogP contribution in [-0.2, 0) is 9.53 Å². The van der Waals surface area contributed by atoms with Crippen molar-refractivity contribution in [2.75, 3.05) is 13.2 Å². The number of rotatable bonds is 6. The van der Waals surface area contributed by atoms with E-state index in [-0.39, 0.29) is 17.4 Å². The summed E-state index contributed by atoms with van der Waals surface area (Å²) in [7, 11) is 0. The first-order valence-electron chi connectivity index (χ1n) is 7.66. The van der Waals surface area contributed by atoms with Crippen LogP contribution in [0.3, 0.4) is 0 Å². The Morgan fingerprint density at radius 1 is 1.50 bits per heavy atom. The molecule has 2 N–H and O–H groups in total. The predicted octanol–water partition coefficient (Wildman–Crippen LogP) is 2.02. The van der Waals surface area contributed by atoms with E-state index in [0.29, 0.717) is 31.9 Å². The normalized spacial score (nSPS) is 34.8. The highest BCUT2D eigenvalue weighted by Crippen LogP contribution is 2.50. The Morgan fingerprint density at radius 3 is 2.80 bits per heavy atom. The lowest BCUT2D eigenvalue weighted by molar-refractivity contribution is -0.238. The van der Waals surface area contributed by atoms with Crippen LogP contribution in [0.5, 0.6) is 0 Å². The third-order valence-corrected chi connectivity index (χ3v) is 5.03. The minimum atomic E-state index is -0.853. The molecule has 0 bridgehead atoms. The second kappa shape index (κ2) is 5.86. The average molecular weight is 281 g/mol. The summed E-state index contributed by atoms with van der Waals surface area (Å²) in [6, 6.07) is 0. The molecule has 4 heteroatoms. The molecule has 0 radical (unpaired) electrons. The molecule has 0 saturated heterocycles. The lowest BCUT2D eigenvalue weighted by Crippen LogP contribution is -2.68. The van der Waals surface area contributed by atoms with Crippen LogP contribution in [0.4, 0.5) is 0 Å². The first-order chi connectivity index (χ1) is 9.39. The molecule has 0 aromatic carbocycles. The van der Waals surface area contributed by atoms with Gasteiger partial charge in [-0.1, -0.05) is 26.0 Å². The van der Waals surface area contributed by atoms with Gasteiger partial charge in [-0.25, -0.2) is 0 Å². The van der Waals surface area contributed by atoms with Gasteiger partial charge < -0.3 is 15.2 Å². The highest BCUT2D eigenvalue weighted by Gasteiger charge is 2.59. The van der Waals surface area contributed by atoms with E-state index in [2.05, 4.69) is 17.5 Å². The number of aliphatic hydroxyl groups is 1. The third kappa shape index (κ3) is 2.91. The van der Waals surface area contributed by atoms with E-state index in [4.69, 9.17) is 4.74 Å². The Hall–Kier alpha value is -0.870. The minimum absolute atomic E-state index is 0.0330. The number of ether oxygens (including phenoxy) is 1. The van der Waals surface area contributed by atoms with E-state index in [1.165, 1.54) is 0 Å². The smallest absolute Gasteiger partial charge is 0.220 e. The van der Waals surface area contributed by atoms with Crippen LogP contribution >= 0.6 is 0 Å². The summed E-state index contributed by atoms with van der Waals surface area (Å²) >= 11 is 0. The topological polar surface area (TPSA) is 58.6 Å². The van der Waals surface area contributed by atoms with E-state index in [1.807, 2.05) is 20.8 Å². The molecule has 0 unspecified atom stereocenters. The van der Waals surface area contributed by atoms with E-state index < -0.39 is 5.60 Å². The molecule has 0 aromatic rings. The van der Waals surface area contributed by atoms with Crippen LogP contribution in [0.2, 0.25) is 0 Å². The number of hydrogen-bond acceptors (Lipinski definition) is 3.